The number of hydrogen-bond donors (Lipinski definition) is 2. The summed E-state index contributed by atoms with van der Waals surface area (Å²) in [5.41, 5.74) is 1.08. The number of hydrogen-bond acceptors (Lipinski definition) is 4. The molecule has 0 radical (unpaired) electrons. The van der Waals surface area contributed by atoms with Gasteiger partial charge in [-0.05, 0) is 31.5 Å². The second kappa shape index (κ2) is 8.44. The van der Waals surface area contributed by atoms with Crippen LogP contribution in [-0.4, -0.2) is 40.5 Å². The van der Waals surface area contributed by atoms with Crippen molar-refractivity contribution in [3.8, 4) is 5.75 Å². The maximum absolute atomic E-state index is 9.88. The van der Waals surface area contributed by atoms with Crippen molar-refractivity contribution in [3.63, 3.8) is 0 Å². The van der Waals surface area contributed by atoms with Gasteiger partial charge in [0.1, 0.15) is 18.5 Å². The van der Waals surface area contributed by atoms with Gasteiger partial charge in [-0.2, -0.15) is 0 Å². The van der Waals surface area contributed by atoms with E-state index < -0.39 is 6.10 Å². The largest absolute Gasteiger partial charge is 0.491 e. The van der Waals surface area contributed by atoms with Gasteiger partial charge in [0.25, 0.3) is 0 Å². The van der Waals surface area contributed by atoms with Crippen LogP contribution in [0, 0.1) is 6.92 Å². The number of para-hydroxylation sites is 1. The lowest BCUT2D eigenvalue weighted by Gasteiger charge is -2.14. The van der Waals surface area contributed by atoms with Crippen LogP contribution >= 0.6 is 0 Å². The highest BCUT2D eigenvalue weighted by Gasteiger charge is 2.05. The zero-order valence-electron chi connectivity index (χ0n) is 12.4. The molecule has 0 saturated heterocycles. The zero-order valence-corrected chi connectivity index (χ0v) is 12.4. The van der Waals surface area contributed by atoms with E-state index in [9.17, 15) is 5.11 Å². The molecule has 5 nitrogen and oxygen atoms in total. The molecule has 1 atom stereocenters. The van der Waals surface area contributed by atoms with Gasteiger partial charge in [0.2, 0.25) is 0 Å². The molecule has 0 bridgehead atoms. The Morgan fingerprint density at radius 3 is 3.00 bits per heavy atom. The summed E-state index contributed by atoms with van der Waals surface area (Å²) in [6.45, 7) is 4.63. The highest BCUT2D eigenvalue weighted by molar-refractivity contribution is 5.31. The molecule has 0 unspecified atom stereocenters. The number of nitrogens with zero attached hydrogens (tertiary/aromatic N) is 2. The lowest BCUT2D eigenvalue weighted by molar-refractivity contribution is 0.106. The number of nitrogens with one attached hydrogen (secondary N) is 1. The SMILES string of the molecule is Cc1ccccc1OC[C@H](O)CNCCCn1ccnc1. The quantitative estimate of drug-likeness (QED) is 0.689. The van der Waals surface area contributed by atoms with Gasteiger partial charge >= 0.3 is 0 Å². The molecule has 2 N–H and O–H groups in total. The first-order valence-corrected chi connectivity index (χ1v) is 7.28. The van der Waals surface area contributed by atoms with Crippen molar-refractivity contribution in [2.24, 2.45) is 0 Å². The summed E-state index contributed by atoms with van der Waals surface area (Å²) in [4.78, 5) is 4.00. The Bertz CT molecular complexity index is 514. The molecule has 114 valence electrons. The predicted octanol–water partition coefficient (Wildman–Crippen LogP) is 1.61. The molecule has 5 heteroatoms. The first-order chi connectivity index (χ1) is 10.3. The first kappa shape index (κ1) is 15.5. The average molecular weight is 289 g/mol. The molecule has 21 heavy (non-hydrogen) atoms. The second-order valence-electron chi connectivity index (χ2n) is 5.09. The second-order valence-corrected chi connectivity index (χ2v) is 5.09. The van der Waals surface area contributed by atoms with Crippen LogP contribution in [0.3, 0.4) is 0 Å². The molecule has 0 saturated carbocycles. The Kier molecular flexibility index (Phi) is 6.24. The molecule has 0 amide bonds. The third-order valence-electron chi connectivity index (χ3n) is 3.23. The molecule has 0 spiro atoms. The summed E-state index contributed by atoms with van der Waals surface area (Å²) < 4.78 is 7.65. The zero-order chi connectivity index (χ0) is 14.9. The van der Waals surface area contributed by atoms with Crippen molar-refractivity contribution in [2.45, 2.75) is 26.0 Å². The molecule has 2 rings (SSSR count). The van der Waals surface area contributed by atoms with Gasteiger partial charge in [-0.1, -0.05) is 18.2 Å². The number of aliphatic hydroxyl groups excluding tert-OH is 1. The maximum Gasteiger partial charge on any atom is 0.122 e. The fraction of sp³-hybridized carbons (Fsp3) is 0.438. The van der Waals surface area contributed by atoms with Crippen LogP contribution in [-0.2, 0) is 6.54 Å². The summed E-state index contributed by atoms with van der Waals surface area (Å²) in [5, 5.41) is 13.1. The van der Waals surface area contributed by atoms with Crippen molar-refractivity contribution in [1.29, 1.82) is 0 Å². The third kappa shape index (κ3) is 5.57. The lowest BCUT2D eigenvalue weighted by atomic mass is 10.2. The fourth-order valence-electron chi connectivity index (χ4n) is 2.04. The van der Waals surface area contributed by atoms with E-state index >= 15 is 0 Å². The van der Waals surface area contributed by atoms with Gasteiger partial charge < -0.3 is 19.7 Å². The number of ether oxygens (including phenoxy) is 1. The van der Waals surface area contributed by atoms with Crippen molar-refractivity contribution in [2.75, 3.05) is 19.7 Å². The van der Waals surface area contributed by atoms with E-state index in [4.69, 9.17) is 4.74 Å². The Morgan fingerprint density at radius 2 is 2.24 bits per heavy atom. The van der Waals surface area contributed by atoms with Crippen LogP contribution in [0.25, 0.3) is 0 Å². The number of benzene rings is 1. The highest BCUT2D eigenvalue weighted by atomic mass is 16.5. The van der Waals surface area contributed by atoms with Gasteiger partial charge in [-0.25, -0.2) is 4.98 Å². The Balaban J connectivity index is 1.55. The standard InChI is InChI=1S/C16H23N3O2/c1-14-5-2-3-6-16(14)21-12-15(20)11-17-7-4-9-19-10-8-18-13-19/h2-3,5-6,8,10,13,15,17,20H,4,7,9,11-12H2,1H3/t15-/m1/s1. The van der Waals surface area contributed by atoms with Gasteiger partial charge in [0.15, 0.2) is 0 Å². The number of aromatic nitrogens is 2. The molecule has 1 heterocycles. The summed E-state index contributed by atoms with van der Waals surface area (Å²) >= 11 is 0. The third-order valence-corrected chi connectivity index (χ3v) is 3.23. The van der Waals surface area contributed by atoms with Gasteiger partial charge in [0, 0.05) is 25.5 Å². The maximum atomic E-state index is 9.88. The van der Waals surface area contributed by atoms with E-state index in [0.717, 1.165) is 30.8 Å². The average Bonchev–Trinajstić information content (AvgIpc) is 2.99. The topological polar surface area (TPSA) is 59.3 Å². The highest BCUT2D eigenvalue weighted by Crippen LogP contribution is 2.16. The van der Waals surface area contributed by atoms with Crippen LogP contribution < -0.4 is 10.1 Å². The number of aliphatic hydroxyl groups is 1. The Morgan fingerprint density at radius 1 is 1.38 bits per heavy atom. The molecular formula is C16H23N3O2. The molecule has 2 aromatic rings. The van der Waals surface area contributed by atoms with Gasteiger partial charge in [-0.3, -0.25) is 0 Å². The van der Waals surface area contributed by atoms with E-state index in [-0.39, 0.29) is 0 Å². The van der Waals surface area contributed by atoms with Gasteiger partial charge in [0.05, 0.1) is 6.33 Å². The van der Waals surface area contributed by atoms with E-state index in [2.05, 4.69) is 10.3 Å². The normalized spacial score (nSPS) is 12.3. The first-order valence-electron chi connectivity index (χ1n) is 7.28. The molecular weight excluding hydrogens is 266 g/mol. The van der Waals surface area contributed by atoms with E-state index in [0.29, 0.717) is 13.2 Å². The number of aryl methyl sites for hydroxylation is 2. The molecule has 0 aliphatic carbocycles. The smallest absolute Gasteiger partial charge is 0.122 e. The fourth-order valence-corrected chi connectivity index (χ4v) is 2.04. The molecule has 0 aliphatic rings. The van der Waals surface area contributed by atoms with E-state index in [1.165, 1.54) is 0 Å². The van der Waals surface area contributed by atoms with Crippen LogP contribution in [0.2, 0.25) is 0 Å². The van der Waals surface area contributed by atoms with E-state index in [1.54, 1.807) is 6.20 Å². The minimum atomic E-state index is -0.502. The Hall–Kier alpha value is -1.85. The molecule has 0 aliphatic heterocycles. The van der Waals surface area contributed by atoms with Crippen molar-refractivity contribution >= 4 is 0 Å². The van der Waals surface area contributed by atoms with Gasteiger partial charge in [-0.15, -0.1) is 0 Å². The Labute approximate surface area is 125 Å². The molecule has 0 fully saturated rings. The predicted molar refractivity (Wildman–Crippen MR) is 82.4 cm³/mol. The summed E-state index contributed by atoms with van der Waals surface area (Å²) in [6, 6.07) is 7.82. The molecule has 1 aromatic heterocycles. The monoisotopic (exact) mass is 289 g/mol. The van der Waals surface area contributed by atoms with Crippen molar-refractivity contribution in [1.82, 2.24) is 14.9 Å². The van der Waals surface area contributed by atoms with Crippen LogP contribution in [0.5, 0.6) is 5.75 Å². The van der Waals surface area contributed by atoms with Crippen molar-refractivity contribution < 1.29 is 9.84 Å². The summed E-state index contributed by atoms with van der Waals surface area (Å²) in [5.74, 6) is 0.830. The molecule has 1 aromatic carbocycles. The minimum Gasteiger partial charge on any atom is -0.491 e. The summed E-state index contributed by atoms with van der Waals surface area (Å²) in [7, 11) is 0. The lowest BCUT2D eigenvalue weighted by Crippen LogP contribution is -2.32. The minimum absolute atomic E-state index is 0.305. The number of rotatable bonds is 9. The van der Waals surface area contributed by atoms with Crippen LogP contribution in [0.15, 0.2) is 43.0 Å². The van der Waals surface area contributed by atoms with Crippen molar-refractivity contribution in [3.05, 3.63) is 48.5 Å². The van der Waals surface area contributed by atoms with Crippen LogP contribution in [0.4, 0.5) is 0 Å². The van der Waals surface area contributed by atoms with E-state index in [1.807, 2.05) is 48.3 Å². The number of imidazole rings is 1. The van der Waals surface area contributed by atoms with Crippen LogP contribution in [0.1, 0.15) is 12.0 Å². The summed E-state index contributed by atoms with van der Waals surface area (Å²) in [6.07, 6.45) is 6.04.